The zero-order chi connectivity index (χ0) is 30.2. The van der Waals surface area contributed by atoms with Crippen LogP contribution < -0.4 is 10.6 Å². The number of hydrogen-bond donors (Lipinski definition) is 3. The monoisotopic (exact) mass is 589 g/mol. The van der Waals surface area contributed by atoms with Crippen molar-refractivity contribution >= 4 is 23.9 Å². The third-order valence-corrected chi connectivity index (χ3v) is 8.48. The molecule has 0 radical (unpaired) electrons. The van der Waals surface area contributed by atoms with Gasteiger partial charge in [-0.05, 0) is 54.4 Å². The van der Waals surface area contributed by atoms with Gasteiger partial charge < -0.3 is 30.1 Å². The number of carbonyl (C=O) groups is 4. The van der Waals surface area contributed by atoms with E-state index in [-0.39, 0.29) is 63.0 Å². The van der Waals surface area contributed by atoms with Crippen molar-refractivity contribution in [2.45, 2.75) is 56.5 Å². The Morgan fingerprint density at radius 3 is 2.47 bits per heavy atom. The van der Waals surface area contributed by atoms with Gasteiger partial charge in [-0.3, -0.25) is 9.59 Å². The number of rotatable bonds is 6. The van der Waals surface area contributed by atoms with E-state index in [2.05, 4.69) is 22.8 Å². The molecule has 3 unspecified atom stereocenters. The lowest BCUT2D eigenvalue weighted by molar-refractivity contribution is -0.146. The van der Waals surface area contributed by atoms with Gasteiger partial charge in [0.1, 0.15) is 19.3 Å². The van der Waals surface area contributed by atoms with Gasteiger partial charge in [0, 0.05) is 18.9 Å². The first-order chi connectivity index (χ1) is 21.0. The van der Waals surface area contributed by atoms with Crippen molar-refractivity contribution in [3.05, 3.63) is 71.8 Å². The van der Waals surface area contributed by atoms with E-state index in [9.17, 15) is 24.3 Å². The quantitative estimate of drug-likeness (QED) is 0.348. The lowest BCUT2D eigenvalue weighted by Crippen LogP contribution is -2.43. The molecular weight excluding hydrogens is 550 g/mol. The van der Waals surface area contributed by atoms with Crippen molar-refractivity contribution in [2.75, 3.05) is 32.9 Å². The van der Waals surface area contributed by atoms with Crippen molar-refractivity contribution in [2.24, 2.45) is 5.92 Å². The number of aliphatic hydroxyl groups excluding tert-OH is 1. The van der Waals surface area contributed by atoms with E-state index < -0.39 is 24.0 Å². The minimum atomic E-state index is -0.917. The summed E-state index contributed by atoms with van der Waals surface area (Å²) in [7, 11) is 0. The Hall–Kier alpha value is -4.18. The first-order valence-electron chi connectivity index (χ1n) is 15.1. The molecule has 1 aliphatic carbocycles. The lowest BCUT2D eigenvalue weighted by atomic mass is 9.98. The van der Waals surface area contributed by atoms with Crippen molar-refractivity contribution in [1.82, 2.24) is 15.5 Å². The summed E-state index contributed by atoms with van der Waals surface area (Å²) < 4.78 is 11.0. The normalized spacial score (nSPS) is 22.7. The predicted octanol–water partition coefficient (Wildman–Crippen LogP) is 3.28. The molecule has 10 nitrogen and oxygen atoms in total. The van der Waals surface area contributed by atoms with Crippen LogP contribution >= 0.6 is 0 Å². The van der Waals surface area contributed by atoms with Crippen LogP contribution in [0.3, 0.4) is 0 Å². The van der Waals surface area contributed by atoms with Crippen molar-refractivity contribution in [1.29, 1.82) is 0 Å². The van der Waals surface area contributed by atoms with E-state index >= 15 is 0 Å². The molecule has 0 saturated carbocycles. The number of allylic oxidation sites excluding steroid dienone is 2. The van der Waals surface area contributed by atoms with Gasteiger partial charge in [0.05, 0.1) is 25.1 Å². The second-order valence-electron chi connectivity index (χ2n) is 11.2. The van der Waals surface area contributed by atoms with Crippen LogP contribution in [0.15, 0.2) is 60.7 Å². The third-order valence-electron chi connectivity index (χ3n) is 8.48. The molecule has 3 N–H and O–H groups in total. The second-order valence-corrected chi connectivity index (χ2v) is 11.2. The molecule has 3 aliphatic rings. The van der Waals surface area contributed by atoms with Crippen LogP contribution in [0, 0.1) is 5.92 Å². The highest BCUT2D eigenvalue weighted by Gasteiger charge is 2.32. The largest absolute Gasteiger partial charge is 0.462 e. The SMILES string of the molecule is O=C(NC1CCC=CCC(CC(=O)N2CCCC2CO)C(=O)NCCOC1=O)OCC1c2ccccc2-c2ccccc21. The molecule has 2 heterocycles. The number of ether oxygens (including phenoxy) is 2. The smallest absolute Gasteiger partial charge is 0.407 e. The molecule has 0 bridgehead atoms. The molecule has 228 valence electrons. The molecule has 5 rings (SSSR count). The van der Waals surface area contributed by atoms with E-state index in [1.807, 2.05) is 48.6 Å². The Labute approximate surface area is 251 Å². The number of esters is 1. The summed E-state index contributed by atoms with van der Waals surface area (Å²) in [6.07, 6.45) is 5.70. The molecule has 10 heteroatoms. The number of alkyl carbamates (subject to hydrolysis) is 1. The maximum atomic E-state index is 12.9. The molecule has 1 saturated heterocycles. The summed E-state index contributed by atoms with van der Waals surface area (Å²) in [6, 6.07) is 15.0. The molecule has 2 aliphatic heterocycles. The Balaban J connectivity index is 1.16. The van der Waals surface area contributed by atoms with Crippen LogP contribution in [0.25, 0.3) is 11.1 Å². The minimum absolute atomic E-state index is 0.0401. The van der Waals surface area contributed by atoms with E-state index in [4.69, 9.17) is 9.47 Å². The van der Waals surface area contributed by atoms with Crippen molar-refractivity contribution in [3.63, 3.8) is 0 Å². The molecule has 3 atom stereocenters. The highest BCUT2D eigenvalue weighted by Crippen LogP contribution is 2.44. The fourth-order valence-electron chi connectivity index (χ4n) is 6.21. The third kappa shape index (κ3) is 7.25. The second kappa shape index (κ2) is 14.3. The molecule has 0 aromatic heterocycles. The topological polar surface area (TPSA) is 134 Å². The average Bonchev–Trinajstić information content (AvgIpc) is 3.63. The number of benzene rings is 2. The van der Waals surface area contributed by atoms with Crippen LogP contribution in [-0.4, -0.2) is 78.9 Å². The first kappa shape index (κ1) is 30.3. The van der Waals surface area contributed by atoms with Crippen molar-refractivity contribution in [3.8, 4) is 11.1 Å². The number of hydrogen-bond acceptors (Lipinski definition) is 7. The Morgan fingerprint density at radius 1 is 1.02 bits per heavy atom. The van der Waals surface area contributed by atoms with Gasteiger partial charge in [-0.2, -0.15) is 0 Å². The number of amides is 3. The van der Waals surface area contributed by atoms with E-state index in [0.29, 0.717) is 19.4 Å². The van der Waals surface area contributed by atoms with Gasteiger partial charge in [0.25, 0.3) is 0 Å². The zero-order valence-corrected chi connectivity index (χ0v) is 24.2. The number of carbonyl (C=O) groups excluding carboxylic acids is 4. The highest BCUT2D eigenvalue weighted by molar-refractivity contribution is 5.86. The molecule has 1 fully saturated rings. The molecule has 2 aromatic carbocycles. The highest BCUT2D eigenvalue weighted by atomic mass is 16.6. The van der Waals surface area contributed by atoms with Crippen LogP contribution in [-0.2, 0) is 23.9 Å². The van der Waals surface area contributed by atoms with Gasteiger partial charge >= 0.3 is 12.1 Å². The van der Waals surface area contributed by atoms with Crippen molar-refractivity contribution < 1.29 is 33.8 Å². The average molecular weight is 590 g/mol. The van der Waals surface area contributed by atoms with Gasteiger partial charge in [-0.1, -0.05) is 60.7 Å². The summed E-state index contributed by atoms with van der Waals surface area (Å²) in [5.41, 5.74) is 4.45. The Bertz CT molecular complexity index is 1310. The lowest BCUT2D eigenvalue weighted by Gasteiger charge is -2.25. The van der Waals surface area contributed by atoms with Gasteiger partial charge in [0.15, 0.2) is 0 Å². The number of aliphatic hydroxyl groups is 1. The van der Waals surface area contributed by atoms with Crippen LogP contribution in [0.5, 0.6) is 0 Å². The van der Waals surface area contributed by atoms with Crippen LogP contribution in [0.4, 0.5) is 4.79 Å². The summed E-state index contributed by atoms with van der Waals surface area (Å²) in [5, 5.41) is 15.0. The fourth-order valence-corrected chi connectivity index (χ4v) is 6.21. The number of cyclic esters (lactones) is 1. The number of fused-ring (bicyclic) bond motifs is 3. The van der Waals surface area contributed by atoms with Gasteiger partial charge in [-0.15, -0.1) is 0 Å². The molecular formula is C33H39N3O7. The summed E-state index contributed by atoms with van der Waals surface area (Å²) >= 11 is 0. The summed E-state index contributed by atoms with van der Waals surface area (Å²) in [6.45, 7) is 0.644. The Kier molecular flexibility index (Phi) is 10.1. The van der Waals surface area contributed by atoms with Crippen LogP contribution in [0.2, 0.25) is 0 Å². The fraction of sp³-hybridized carbons (Fsp3) is 0.455. The predicted molar refractivity (Wildman–Crippen MR) is 159 cm³/mol. The van der Waals surface area contributed by atoms with E-state index in [1.165, 1.54) is 0 Å². The number of likely N-dealkylation sites (tertiary alicyclic amines) is 1. The standard InChI is InChI=1S/C33H39N3O7/c37-20-23-10-8-17-36(23)30(38)19-22-9-2-1-3-15-29(32(40)42-18-16-34-31(22)39)35-33(41)43-21-28-26-13-6-4-11-24(26)25-12-5-7-14-27(25)28/h1-2,4-7,11-14,22-23,28-29,37H,3,8-10,15-21H2,(H,34,39)(H,35,41). The zero-order valence-electron chi connectivity index (χ0n) is 24.2. The van der Waals surface area contributed by atoms with Gasteiger partial charge in [-0.25, -0.2) is 9.59 Å². The summed E-state index contributed by atoms with van der Waals surface area (Å²) in [5.74, 6) is -1.72. The summed E-state index contributed by atoms with van der Waals surface area (Å²) in [4.78, 5) is 53.1. The number of nitrogens with one attached hydrogen (secondary N) is 2. The molecule has 3 amide bonds. The number of nitrogens with zero attached hydrogens (tertiary/aromatic N) is 1. The molecule has 43 heavy (non-hydrogen) atoms. The first-order valence-corrected chi connectivity index (χ1v) is 15.1. The maximum Gasteiger partial charge on any atom is 0.407 e. The minimum Gasteiger partial charge on any atom is -0.462 e. The molecule has 0 spiro atoms. The van der Waals surface area contributed by atoms with E-state index in [1.54, 1.807) is 4.90 Å². The molecule has 2 aromatic rings. The Morgan fingerprint density at radius 2 is 1.74 bits per heavy atom. The van der Waals surface area contributed by atoms with Crippen LogP contribution in [0.1, 0.15) is 55.6 Å². The van der Waals surface area contributed by atoms with E-state index in [0.717, 1.165) is 35.1 Å². The maximum absolute atomic E-state index is 12.9. The van der Waals surface area contributed by atoms with Gasteiger partial charge in [0.2, 0.25) is 11.8 Å².